The highest BCUT2D eigenvalue weighted by Gasteiger charge is 2.14. The van der Waals surface area contributed by atoms with Crippen LogP contribution < -0.4 is 5.32 Å². The maximum absolute atomic E-state index is 4.69. The summed E-state index contributed by atoms with van der Waals surface area (Å²) in [5.41, 5.74) is 2.36. The van der Waals surface area contributed by atoms with E-state index in [0.29, 0.717) is 0 Å². The second-order valence-corrected chi connectivity index (χ2v) is 7.54. The van der Waals surface area contributed by atoms with Crippen molar-refractivity contribution in [1.82, 2.24) is 9.97 Å². The lowest BCUT2D eigenvalue weighted by Gasteiger charge is -2.18. The van der Waals surface area contributed by atoms with Crippen LogP contribution in [0.15, 0.2) is 0 Å². The third-order valence-electron chi connectivity index (χ3n) is 2.80. The topological polar surface area (TPSA) is 37.8 Å². The summed E-state index contributed by atoms with van der Waals surface area (Å²) in [5.74, 6) is 2.83. The lowest BCUT2D eigenvalue weighted by atomic mass is 10.2. The molecule has 4 heteroatoms. The predicted molar refractivity (Wildman–Crippen MR) is 86.0 cm³/mol. The smallest absolute Gasteiger partial charge is 0.140 e. The molecule has 1 rings (SSSR count). The summed E-state index contributed by atoms with van der Waals surface area (Å²) in [5, 5.41) is 3.41. The van der Waals surface area contributed by atoms with Gasteiger partial charge in [-0.25, -0.2) is 9.97 Å². The molecule has 0 atom stereocenters. The zero-order valence-electron chi connectivity index (χ0n) is 13.1. The van der Waals surface area contributed by atoms with Gasteiger partial charge in [0.25, 0.3) is 0 Å². The lowest BCUT2D eigenvalue weighted by Crippen LogP contribution is -2.12. The molecule has 1 N–H and O–H groups in total. The van der Waals surface area contributed by atoms with Crippen molar-refractivity contribution in [3.63, 3.8) is 0 Å². The van der Waals surface area contributed by atoms with Crippen LogP contribution >= 0.6 is 11.8 Å². The van der Waals surface area contributed by atoms with E-state index in [4.69, 9.17) is 4.98 Å². The molecule has 1 aromatic heterocycles. The largest absolute Gasteiger partial charge is 0.370 e. The first-order valence-electron chi connectivity index (χ1n) is 7.11. The minimum absolute atomic E-state index is 0.248. The van der Waals surface area contributed by atoms with E-state index in [1.807, 2.05) is 11.8 Å². The Kier molecular flexibility index (Phi) is 6.11. The summed E-state index contributed by atoms with van der Waals surface area (Å²) in [4.78, 5) is 9.37. The average molecular weight is 281 g/mol. The fraction of sp³-hybridized carbons (Fsp3) is 0.733. The van der Waals surface area contributed by atoms with Gasteiger partial charge in [-0.05, 0) is 19.8 Å². The van der Waals surface area contributed by atoms with Crippen LogP contribution in [0, 0.1) is 6.92 Å². The van der Waals surface area contributed by atoms with Crippen LogP contribution in [0.4, 0.5) is 5.82 Å². The molecule has 108 valence electrons. The Morgan fingerprint density at radius 2 is 1.84 bits per heavy atom. The summed E-state index contributed by atoms with van der Waals surface area (Å²) in [6, 6.07) is 0. The molecule has 0 saturated carbocycles. The van der Waals surface area contributed by atoms with Crippen LogP contribution in [0.25, 0.3) is 0 Å². The van der Waals surface area contributed by atoms with Crippen LogP contribution in [-0.4, -0.2) is 21.3 Å². The van der Waals surface area contributed by atoms with Crippen LogP contribution in [0.2, 0.25) is 0 Å². The minimum atomic E-state index is 0.248. The van der Waals surface area contributed by atoms with Crippen molar-refractivity contribution in [2.45, 2.75) is 64.9 Å². The number of hydrogen-bond acceptors (Lipinski definition) is 4. The molecule has 0 saturated heterocycles. The van der Waals surface area contributed by atoms with Gasteiger partial charge < -0.3 is 5.32 Å². The summed E-state index contributed by atoms with van der Waals surface area (Å²) in [6.07, 6.45) is 2.07. The Bertz CT molecular complexity index is 411. The maximum atomic E-state index is 4.69. The normalized spacial score (nSPS) is 11.7. The molecule has 0 bridgehead atoms. The van der Waals surface area contributed by atoms with E-state index in [2.05, 4.69) is 51.8 Å². The third kappa shape index (κ3) is 5.39. The number of rotatable bonds is 6. The molecular weight excluding hydrogens is 254 g/mol. The Morgan fingerprint density at radius 3 is 2.37 bits per heavy atom. The van der Waals surface area contributed by atoms with Gasteiger partial charge in [-0.1, -0.05) is 34.6 Å². The predicted octanol–water partition coefficient (Wildman–Crippen LogP) is 4.20. The molecule has 1 heterocycles. The van der Waals surface area contributed by atoms with Gasteiger partial charge in [0.05, 0.1) is 5.75 Å². The van der Waals surface area contributed by atoms with Crippen molar-refractivity contribution in [2.75, 3.05) is 11.9 Å². The second-order valence-electron chi connectivity index (χ2n) is 5.74. The van der Waals surface area contributed by atoms with Crippen LogP contribution in [0.1, 0.15) is 58.1 Å². The molecule has 0 aliphatic carbocycles. The van der Waals surface area contributed by atoms with E-state index in [-0.39, 0.29) is 4.75 Å². The van der Waals surface area contributed by atoms with E-state index in [9.17, 15) is 0 Å². The zero-order valence-corrected chi connectivity index (χ0v) is 13.9. The van der Waals surface area contributed by atoms with Gasteiger partial charge in [0, 0.05) is 22.5 Å². The quantitative estimate of drug-likeness (QED) is 0.848. The van der Waals surface area contributed by atoms with Crippen molar-refractivity contribution in [2.24, 2.45) is 0 Å². The first-order chi connectivity index (χ1) is 8.87. The molecule has 3 nitrogen and oxygen atoms in total. The summed E-state index contributed by atoms with van der Waals surface area (Å²) >= 11 is 1.89. The molecule has 1 aromatic rings. The molecular formula is C15H27N3S. The van der Waals surface area contributed by atoms with Gasteiger partial charge in [0.1, 0.15) is 11.6 Å². The van der Waals surface area contributed by atoms with E-state index in [0.717, 1.165) is 42.5 Å². The van der Waals surface area contributed by atoms with Crippen molar-refractivity contribution >= 4 is 17.6 Å². The number of anilines is 1. The van der Waals surface area contributed by atoms with Crippen LogP contribution in [-0.2, 0) is 12.2 Å². The molecule has 0 aliphatic heterocycles. The first-order valence-corrected chi connectivity index (χ1v) is 8.10. The third-order valence-corrected chi connectivity index (χ3v) is 4.07. The number of aromatic nitrogens is 2. The van der Waals surface area contributed by atoms with E-state index >= 15 is 0 Å². The minimum Gasteiger partial charge on any atom is -0.370 e. The van der Waals surface area contributed by atoms with Gasteiger partial charge in [-0.2, -0.15) is 0 Å². The monoisotopic (exact) mass is 281 g/mol. The molecule has 19 heavy (non-hydrogen) atoms. The Labute approximate surface area is 122 Å². The number of thioether (sulfide) groups is 1. The van der Waals surface area contributed by atoms with Crippen LogP contribution in [0.5, 0.6) is 0 Å². The number of nitrogens with zero attached hydrogens (tertiary/aromatic N) is 2. The molecule has 0 spiro atoms. The molecule has 0 aromatic carbocycles. The van der Waals surface area contributed by atoms with Crippen molar-refractivity contribution in [1.29, 1.82) is 0 Å². The van der Waals surface area contributed by atoms with Crippen molar-refractivity contribution < 1.29 is 0 Å². The standard InChI is InChI=1S/C15H27N3S/c1-7-9-16-14-11(3)12(8-2)17-13(18-14)10-19-15(4,5)6/h7-10H2,1-6H3,(H,16,17,18). The zero-order chi connectivity index (χ0) is 14.5. The van der Waals surface area contributed by atoms with Gasteiger partial charge in [-0.15, -0.1) is 11.8 Å². The highest BCUT2D eigenvalue weighted by Crippen LogP contribution is 2.27. The molecule has 0 aliphatic rings. The molecule has 0 radical (unpaired) electrons. The van der Waals surface area contributed by atoms with Gasteiger partial charge in [0.2, 0.25) is 0 Å². The molecule has 0 unspecified atom stereocenters. The average Bonchev–Trinajstić information content (AvgIpc) is 2.35. The van der Waals surface area contributed by atoms with Gasteiger partial charge >= 0.3 is 0 Å². The SMILES string of the molecule is CCCNc1nc(CSC(C)(C)C)nc(CC)c1C. The number of nitrogens with one attached hydrogen (secondary N) is 1. The number of hydrogen-bond donors (Lipinski definition) is 1. The number of aryl methyl sites for hydroxylation is 1. The van der Waals surface area contributed by atoms with Crippen molar-refractivity contribution in [3.05, 3.63) is 17.1 Å². The maximum Gasteiger partial charge on any atom is 0.140 e. The van der Waals surface area contributed by atoms with Gasteiger partial charge in [0.15, 0.2) is 0 Å². The lowest BCUT2D eigenvalue weighted by molar-refractivity contribution is 0.798. The molecule has 0 fully saturated rings. The summed E-state index contributed by atoms with van der Waals surface area (Å²) < 4.78 is 0.248. The fourth-order valence-corrected chi connectivity index (χ4v) is 2.41. The summed E-state index contributed by atoms with van der Waals surface area (Å²) in [7, 11) is 0. The van der Waals surface area contributed by atoms with E-state index in [1.165, 1.54) is 5.56 Å². The van der Waals surface area contributed by atoms with E-state index in [1.54, 1.807) is 0 Å². The molecule has 0 amide bonds. The fourth-order valence-electron chi connectivity index (χ4n) is 1.72. The highest BCUT2D eigenvalue weighted by molar-refractivity contribution is 7.99. The van der Waals surface area contributed by atoms with Gasteiger partial charge in [-0.3, -0.25) is 0 Å². The second kappa shape index (κ2) is 7.13. The summed E-state index contributed by atoms with van der Waals surface area (Å²) in [6.45, 7) is 14.1. The Balaban J connectivity index is 2.92. The van der Waals surface area contributed by atoms with Crippen LogP contribution in [0.3, 0.4) is 0 Å². The Morgan fingerprint density at radius 1 is 1.16 bits per heavy atom. The van der Waals surface area contributed by atoms with Crippen molar-refractivity contribution in [3.8, 4) is 0 Å². The highest BCUT2D eigenvalue weighted by atomic mass is 32.2. The first kappa shape index (κ1) is 16.3. The van der Waals surface area contributed by atoms with E-state index < -0.39 is 0 Å². The Hall–Kier alpha value is -0.770.